The Morgan fingerprint density at radius 2 is 1.77 bits per heavy atom. The molecule has 31 heavy (non-hydrogen) atoms. The molecule has 7 nitrogen and oxygen atoms in total. The van der Waals surface area contributed by atoms with Crippen LogP contribution < -0.4 is 10.4 Å². The minimum absolute atomic E-state index is 0.0768. The van der Waals surface area contributed by atoms with Gasteiger partial charge in [0.05, 0.1) is 4.92 Å². The van der Waals surface area contributed by atoms with Gasteiger partial charge in [-0.05, 0) is 24.6 Å². The van der Waals surface area contributed by atoms with E-state index in [4.69, 9.17) is 9.15 Å². The Hall–Kier alpha value is -4.26. The van der Waals surface area contributed by atoms with E-state index in [0.717, 1.165) is 0 Å². The maximum atomic E-state index is 12.5. The SMILES string of the molecule is C[C@H](Oc1ccc2c(-c3cccc([N+](=O)[O-])c3)cc(=O)oc2c1)C(=O)c1ccccc1. The number of hydrogen-bond acceptors (Lipinski definition) is 6. The molecule has 0 bridgehead atoms. The van der Waals surface area contributed by atoms with Crippen molar-refractivity contribution in [2.24, 2.45) is 0 Å². The topological polar surface area (TPSA) is 99.7 Å². The summed E-state index contributed by atoms with van der Waals surface area (Å²) >= 11 is 0. The summed E-state index contributed by atoms with van der Waals surface area (Å²) in [7, 11) is 0. The number of ketones is 1. The molecule has 0 aliphatic heterocycles. The number of rotatable bonds is 6. The standard InChI is InChI=1S/C24H17NO6/c1-15(24(27)16-6-3-2-4-7-16)30-19-10-11-20-21(14-23(26)31-22(20)13-19)17-8-5-9-18(12-17)25(28)29/h2-15H,1H3/t15-/m0/s1. The molecule has 1 atom stereocenters. The first-order chi connectivity index (χ1) is 14.9. The second-order valence-electron chi connectivity index (χ2n) is 6.93. The maximum absolute atomic E-state index is 12.5. The van der Waals surface area contributed by atoms with Crippen LogP contribution in [0.25, 0.3) is 22.1 Å². The van der Waals surface area contributed by atoms with E-state index in [2.05, 4.69) is 0 Å². The molecule has 3 aromatic carbocycles. The molecular formula is C24H17NO6. The third kappa shape index (κ3) is 4.20. The molecule has 0 spiro atoms. The Kier molecular flexibility index (Phi) is 5.32. The molecule has 0 fully saturated rings. The van der Waals surface area contributed by atoms with Gasteiger partial charge in [0.2, 0.25) is 5.78 Å². The van der Waals surface area contributed by atoms with Crippen LogP contribution in [0.1, 0.15) is 17.3 Å². The van der Waals surface area contributed by atoms with Gasteiger partial charge < -0.3 is 9.15 Å². The van der Waals surface area contributed by atoms with Crippen LogP contribution in [0.15, 0.2) is 88.1 Å². The van der Waals surface area contributed by atoms with E-state index in [1.54, 1.807) is 55.5 Å². The van der Waals surface area contributed by atoms with E-state index >= 15 is 0 Å². The fourth-order valence-electron chi connectivity index (χ4n) is 3.34. The van der Waals surface area contributed by atoms with Gasteiger partial charge in [-0.25, -0.2) is 4.79 Å². The van der Waals surface area contributed by atoms with Crippen molar-refractivity contribution < 1.29 is 18.9 Å². The normalized spacial score (nSPS) is 11.8. The molecule has 0 aliphatic carbocycles. The van der Waals surface area contributed by atoms with Gasteiger partial charge in [-0.1, -0.05) is 42.5 Å². The molecule has 1 heterocycles. The molecule has 0 N–H and O–H groups in total. The Morgan fingerprint density at radius 3 is 2.52 bits per heavy atom. The van der Waals surface area contributed by atoms with Crippen LogP contribution in [0.3, 0.4) is 0 Å². The lowest BCUT2D eigenvalue weighted by Crippen LogP contribution is -2.23. The highest BCUT2D eigenvalue weighted by Gasteiger charge is 2.18. The average molecular weight is 415 g/mol. The Balaban J connectivity index is 1.69. The molecule has 1 aromatic heterocycles. The van der Waals surface area contributed by atoms with E-state index in [1.165, 1.54) is 24.3 Å². The summed E-state index contributed by atoms with van der Waals surface area (Å²) in [5, 5.41) is 11.7. The molecule has 0 unspecified atom stereocenters. The van der Waals surface area contributed by atoms with Crippen LogP contribution in [0.4, 0.5) is 5.69 Å². The van der Waals surface area contributed by atoms with Gasteiger partial charge in [0.1, 0.15) is 11.3 Å². The van der Waals surface area contributed by atoms with Crippen LogP contribution in [0, 0.1) is 10.1 Å². The van der Waals surface area contributed by atoms with Crippen molar-refractivity contribution in [1.29, 1.82) is 0 Å². The zero-order valence-corrected chi connectivity index (χ0v) is 16.5. The predicted molar refractivity (Wildman–Crippen MR) is 115 cm³/mol. The summed E-state index contributed by atoms with van der Waals surface area (Å²) in [5.74, 6) is 0.191. The number of non-ortho nitro benzene ring substituents is 1. The van der Waals surface area contributed by atoms with Crippen LogP contribution in [-0.4, -0.2) is 16.8 Å². The number of Topliss-reactive ketones (excluding diaryl/α,β-unsaturated/α-hetero) is 1. The van der Waals surface area contributed by atoms with Crippen molar-refractivity contribution in [3.05, 3.63) is 105 Å². The summed E-state index contributed by atoms with van der Waals surface area (Å²) < 4.78 is 11.1. The summed E-state index contributed by atoms with van der Waals surface area (Å²) in [6.07, 6.45) is -0.744. The average Bonchev–Trinajstić information content (AvgIpc) is 2.78. The monoisotopic (exact) mass is 415 g/mol. The smallest absolute Gasteiger partial charge is 0.336 e. The summed E-state index contributed by atoms with van der Waals surface area (Å²) in [5.41, 5.74) is 1.15. The van der Waals surface area contributed by atoms with Crippen molar-refractivity contribution in [3.8, 4) is 16.9 Å². The zero-order valence-electron chi connectivity index (χ0n) is 16.5. The minimum atomic E-state index is -0.744. The number of fused-ring (bicyclic) bond motifs is 1. The highest BCUT2D eigenvalue weighted by molar-refractivity contribution is 5.99. The quantitative estimate of drug-likeness (QED) is 0.190. The van der Waals surface area contributed by atoms with Crippen LogP contribution in [0.5, 0.6) is 5.75 Å². The van der Waals surface area contributed by atoms with Crippen LogP contribution in [-0.2, 0) is 0 Å². The molecular weight excluding hydrogens is 398 g/mol. The minimum Gasteiger partial charge on any atom is -0.482 e. The molecule has 0 saturated heterocycles. The van der Waals surface area contributed by atoms with E-state index in [9.17, 15) is 19.7 Å². The second-order valence-corrected chi connectivity index (χ2v) is 6.93. The highest BCUT2D eigenvalue weighted by atomic mass is 16.6. The second kappa shape index (κ2) is 8.23. The third-order valence-electron chi connectivity index (χ3n) is 4.82. The van der Waals surface area contributed by atoms with Crippen molar-refractivity contribution in [2.75, 3.05) is 0 Å². The zero-order chi connectivity index (χ0) is 22.0. The molecule has 0 amide bonds. The molecule has 0 radical (unpaired) electrons. The van der Waals surface area contributed by atoms with E-state index < -0.39 is 16.7 Å². The lowest BCUT2D eigenvalue weighted by atomic mass is 10.0. The summed E-state index contributed by atoms with van der Waals surface area (Å²) in [4.78, 5) is 35.3. The molecule has 0 aliphatic rings. The van der Waals surface area contributed by atoms with Crippen LogP contribution in [0.2, 0.25) is 0 Å². The lowest BCUT2D eigenvalue weighted by Gasteiger charge is -2.14. The van der Waals surface area contributed by atoms with Crippen molar-refractivity contribution in [3.63, 3.8) is 0 Å². The van der Waals surface area contributed by atoms with Gasteiger partial charge in [0.25, 0.3) is 5.69 Å². The maximum Gasteiger partial charge on any atom is 0.336 e. The Bertz CT molecular complexity index is 1340. The molecule has 4 aromatic rings. The fraction of sp³-hybridized carbons (Fsp3) is 0.0833. The molecule has 154 valence electrons. The van der Waals surface area contributed by atoms with Gasteiger partial charge in [0, 0.05) is 40.8 Å². The van der Waals surface area contributed by atoms with Gasteiger partial charge in [0.15, 0.2) is 6.10 Å². The summed E-state index contributed by atoms with van der Waals surface area (Å²) in [6, 6.07) is 21.0. The number of benzene rings is 3. The number of hydrogen-bond donors (Lipinski definition) is 0. The highest BCUT2D eigenvalue weighted by Crippen LogP contribution is 2.31. The fourth-order valence-corrected chi connectivity index (χ4v) is 3.34. The first-order valence-electron chi connectivity index (χ1n) is 9.51. The van der Waals surface area contributed by atoms with E-state index in [-0.39, 0.29) is 17.1 Å². The van der Waals surface area contributed by atoms with E-state index in [0.29, 0.717) is 27.8 Å². The molecule has 0 saturated carbocycles. The first-order valence-corrected chi connectivity index (χ1v) is 9.51. The number of carbonyl (C=O) groups is 1. The van der Waals surface area contributed by atoms with Gasteiger partial charge >= 0.3 is 5.63 Å². The number of nitrogens with zero attached hydrogens (tertiary/aromatic N) is 1. The van der Waals surface area contributed by atoms with Gasteiger partial charge in [-0.2, -0.15) is 0 Å². The largest absolute Gasteiger partial charge is 0.482 e. The summed E-state index contributed by atoms with van der Waals surface area (Å²) in [6.45, 7) is 1.65. The van der Waals surface area contributed by atoms with Crippen LogP contribution >= 0.6 is 0 Å². The van der Waals surface area contributed by atoms with Crippen molar-refractivity contribution in [1.82, 2.24) is 0 Å². The number of carbonyl (C=O) groups excluding carboxylic acids is 1. The third-order valence-corrected chi connectivity index (χ3v) is 4.82. The predicted octanol–water partition coefficient (Wildman–Crippen LogP) is 5.02. The van der Waals surface area contributed by atoms with E-state index in [1.807, 2.05) is 6.07 Å². The molecule has 4 rings (SSSR count). The number of nitro benzene ring substituents is 1. The number of nitro groups is 1. The number of ether oxygens (including phenoxy) is 1. The van der Waals surface area contributed by atoms with Crippen molar-refractivity contribution in [2.45, 2.75) is 13.0 Å². The lowest BCUT2D eigenvalue weighted by molar-refractivity contribution is -0.384. The first kappa shape index (κ1) is 20.0. The Morgan fingerprint density at radius 1 is 1.00 bits per heavy atom. The Labute approximate surface area is 176 Å². The van der Waals surface area contributed by atoms with Gasteiger partial charge in [-0.3, -0.25) is 14.9 Å². The van der Waals surface area contributed by atoms with Gasteiger partial charge in [-0.15, -0.1) is 0 Å². The van der Waals surface area contributed by atoms with Crippen molar-refractivity contribution >= 4 is 22.4 Å². The molecule has 7 heteroatoms.